The van der Waals surface area contributed by atoms with Gasteiger partial charge in [-0.05, 0) is 12.5 Å². The Morgan fingerprint density at radius 3 is 2.60 bits per heavy atom. The number of rotatable bonds is 6. The molecule has 0 spiro atoms. The van der Waals surface area contributed by atoms with Crippen molar-refractivity contribution in [3.63, 3.8) is 0 Å². The van der Waals surface area contributed by atoms with Gasteiger partial charge in [0.15, 0.2) is 0 Å². The Labute approximate surface area is 90.6 Å². The molecule has 5 nitrogen and oxygen atoms in total. The van der Waals surface area contributed by atoms with E-state index >= 15 is 0 Å². The standard InChI is InChI=1S/C10H18N4O/c1-9(7-14(3)4)10(13-8-11)5-6-15-12-2/h5-8,11-12H,1-4H3/b6-5+,9-7+,11-8?,13-10-. The lowest BCUT2D eigenvalue weighted by Gasteiger charge is -2.07. The van der Waals surface area contributed by atoms with Gasteiger partial charge in [-0.25, -0.2) is 4.99 Å². The molecular formula is C10H18N4O. The molecular weight excluding hydrogens is 192 g/mol. The maximum absolute atomic E-state index is 6.95. The zero-order chi connectivity index (χ0) is 11.7. The van der Waals surface area contributed by atoms with E-state index in [1.807, 2.05) is 32.1 Å². The molecule has 0 fully saturated rings. The SMILES string of the molecule is CNO/C=C/C(=N/C=N)C(/C)=C/N(C)C. The van der Waals surface area contributed by atoms with Crippen LogP contribution in [-0.2, 0) is 4.84 Å². The lowest BCUT2D eigenvalue weighted by Crippen LogP contribution is -2.07. The summed E-state index contributed by atoms with van der Waals surface area (Å²) in [5, 5.41) is 6.95. The summed E-state index contributed by atoms with van der Waals surface area (Å²) in [6, 6.07) is 0. The Morgan fingerprint density at radius 1 is 1.47 bits per heavy atom. The number of hydrogen-bond acceptors (Lipinski definition) is 4. The number of nitrogens with zero attached hydrogens (tertiary/aromatic N) is 2. The second-order valence-corrected chi connectivity index (χ2v) is 3.04. The fraction of sp³-hybridized carbons (Fsp3) is 0.400. The van der Waals surface area contributed by atoms with E-state index in [9.17, 15) is 0 Å². The molecule has 0 bridgehead atoms. The van der Waals surface area contributed by atoms with E-state index in [4.69, 9.17) is 10.2 Å². The normalized spacial score (nSPS) is 13.1. The van der Waals surface area contributed by atoms with Crippen LogP contribution < -0.4 is 5.48 Å². The van der Waals surface area contributed by atoms with Crippen molar-refractivity contribution in [3.05, 3.63) is 24.1 Å². The molecule has 0 saturated carbocycles. The van der Waals surface area contributed by atoms with E-state index in [0.717, 1.165) is 11.9 Å². The van der Waals surface area contributed by atoms with Crippen molar-refractivity contribution in [1.82, 2.24) is 10.4 Å². The van der Waals surface area contributed by atoms with Gasteiger partial charge < -0.3 is 9.74 Å². The highest BCUT2D eigenvalue weighted by Gasteiger charge is 1.97. The predicted molar refractivity (Wildman–Crippen MR) is 62.9 cm³/mol. The van der Waals surface area contributed by atoms with Gasteiger partial charge >= 0.3 is 0 Å². The molecule has 0 radical (unpaired) electrons. The molecule has 0 aromatic carbocycles. The third-order valence-electron chi connectivity index (χ3n) is 1.47. The molecule has 0 heterocycles. The third kappa shape index (κ3) is 6.45. The van der Waals surface area contributed by atoms with Crippen LogP contribution in [-0.4, -0.2) is 38.1 Å². The zero-order valence-corrected chi connectivity index (χ0v) is 9.61. The minimum atomic E-state index is 0.689. The first kappa shape index (κ1) is 13.4. The Balaban J connectivity index is 4.67. The fourth-order valence-electron chi connectivity index (χ4n) is 0.966. The largest absolute Gasteiger partial charge is 0.417 e. The van der Waals surface area contributed by atoms with E-state index in [1.54, 1.807) is 13.1 Å². The Morgan fingerprint density at radius 2 is 2.13 bits per heavy atom. The monoisotopic (exact) mass is 210 g/mol. The first-order valence-electron chi connectivity index (χ1n) is 4.52. The summed E-state index contributed by atoms with van der Waals surface area (Å²) in [7, 11) is 5.53. The van der Waals surface area contributed by atoms with Crippen LogP contribution in [0.1, 0.15) is 6.92 Å². The van der Waals surface area contributed by atoms with Gasteiger partial charge in [0.2, 0.25) is 0 Å². The maximum Gasteiger partial charge on any atom is 0.113 e. The predicted octanol–water partition coefficient (Wildman–Crippen LogP) is 1.16. The van der Waals surface area contributed by atoms with E-state index < -0.39 is 0 Å². The summed E-state index contributed by atoms with van der Waals surface area (Å²) in [6.07, 6.45) is 6.10. The van der Waals surface area contributed by atoms with Gasteiger partial charge in [0, 0.05) is 33.4 Å². The van der Waals surface area contributed by atoms with E-state index in [0.29, 0.717) is 5.71 Å². The van der Waals surface area contributed by atoms with Crippen LogP contribution in [0.4, 0.5) is 0 Å². The second-order valence-electron chi connectivity index (χ2n) is 3.04. The van der Waals surface area contributed by atoms with Crippen molar-refractivity contribution < 1.29 is 4.84 Å². The molecule has 0 aliphatic rings. The van der Waals surface area contributed by atoms with Gasteiger partial charge in [-0.2, -0.15) is 5.48 Å². The minimum Gasteiger partial charge on any atom is -0.417 e. The van der Waals surface area contributed by atoms with Crippen molar-refractivity contribution in [2.75, 3.05) is 21.1 Å². The summed E-state index contributed by atoms with van der Waals surface area (Å²) in [5.41, 5.74) is 4.16. The highest BCUT2D eigenvalue weighted by Crippen LogP contribution is 2.00. The molecule has 0 aliphatic heterocycles. The van der Waals surface area contributed by atoms with Crippen molar-refractivity contribution in [1.29, 1.82) is 5.41 Å². The number of hydroxylamine groups is 1. The topological polar surface area (TPSA) is 60.7 Å². The van der Waals surface area contributed by atoms with Crippen LogP contribution >= 0.6 is 0 Å². The lowest BCUT2D eigenvalue weighted by molar-refractivity contribution is 0.159. The highest BCUT2D eigenvalue weighted by molar-refractivity contribution is 6.10. The molecule has 0 aromatic rings. The van der Waals surface area contributed by atoms with Crippen LogP contribution in [0.2, 0.25) is 0 Å². The van der Waals surface area contributed by atoms with Crippen LogP contribution in [0, 0.1) is 5.41 Å². The average Bonchev–Trinajstić information content (AvgIpc) is 2.15. The van der Waals surface area contributed by atoms with E-state index in [1.165, 1.54) is 6.26 Å². The third-order valence-corrected chi connectivity index (χ3v) is 1.47. The van der Waals surface area contributed by atoms with Gasteiger partial charge in [0.25, 0.3) is 0 Å². The average molecular weight is 210 g/mol. The molecule has 0 atom stereocenters. The number of hydrogen-bond donors (Lipinski definition) is 2. The molecule has 0 unspecified atom stereocenters. The molecule has 0 aliphatic carbocycles. The van der Waals surface area contributed by atoms with Gasteiger partial charge in [-0.15, -0.1) is 0 Å². The molecule has 84 valence electrons. The fourth-order valence-corrected chi connectivity index (χ4v) is 0.966. The van der Waals surface area contributed by atoms with Crippen molar-refractivity contribution in [2.24, 2.45) is 4.99 Å². The first-order chi connectivity index (χ1) is 7.11. The summed E-state index contributed by atoms with van der Waals surface area (Å²) in [5.74, 6) is 0. The van der Waals surface area contributed by atoms with Crippen LogP contribution in [0.5, 0.6) is 0 Å². The van der Waals surface area contributed by atoms with Crippen molar-refractivity contribution >= 4 is 12.1 Å². The van der Waals surface area contributed by atoms with Gasteiger partial charge in [-0.3, -0.25) is 5.41 Å². The van der Waals surface area contributed by atoms with Crippen molar-refractivity contribution in [2.45, 2.75) is 6.92 Å². The molecule has 15 heavy (non-hydrogen) atoms. The maximum atomic E-state index is 6.95. The Bertz CT molecular complexity index is 279. The second kappa shape index (κ2) is 7.75. The molecule has 0 rings (SSSR count). The van der Waals surface area contributed by atoms with Crippen LogP contribution in [0.3, 0.4) is 0 Å². The summed E-state index contributed by atoms with van der Waals surface area (Å²) >= 11 is 0. The molecule has 0 aromatic heterocycles. The number of aliphatic imine (C=N–C) groups is 1. The molecule has 0 amide bonds. The van der Waals surface area contributed by atoms with Crippen molar-refractivity contribution in [3.8, 4) is 0 Å². The summed E-state index contributed by atoms with van der Waals surface area (Å²) in [6.45, 7) is 1.92. The number of nitrogens with one attached hydrogen (secondary N) is 2. The van der Waals surface area contributed by atoms with Crippen LogP contribution in [0.15, 0.2) is 29.1 Å². The molecule has 5 heteroatoms. The van der Waals surface area contributed by atoms with Gasteiger partial charge in [0.05, 0.1) is 5.71 Å². The Hall–Kier alpha value is -1.62. The molecule has 0 saturated heterocycles. The van der Waals surface area contributed by atoms with Crippen LogP contribution in [0.25, 0.3) is 0 Å². The first-order valence-corrected chi connectivity index (χ1v) is 4.52. The minimum absolute atomic E-state index is 0.689. The van der Waals surface area contributed by atoms with E-state index in [-0.39, 0.29) is 0 Å². The van der Waals surface area contributed by atoms with Gasteiger partial charge in [-0.1, -0.05) is 0 Å². The zero-order valence-electron chi connectivity index (χ0n) is 9.61. The Kier molecular flexibility index (Phi) is 6.92. The molecule has 2 N–H and O–H groups in total. The highest BCUT2D eigenvalue weighted by atomic mass is 16.6. The smallest absolute Gasteiger partial charge is 0.113 e. The summed E-state index contributed by atoms with van der Waals surface area (Å²) in [4.78, 5) is 10.7. The lowest BCUT2D eigenvalue weighted by atomic mass is 10.2. The van der Waals surface area contributed by atoms with Gasteiger partial charge in [0.1, 0.15) is 12.6 Å². The quantitative estimate of drug-likeness (QED) is 0.299. The van der Waals surface area contributed by atoms with E-state index in [2.05, 4.69) is 10.5 Å². The summed E-state index contributed by atoms with van der Waals surface area (Å²) < 4.78 is 0. The number of allylic oxidation sites excluding steroid dienone is 2.